The van der Waals surface area contributed by atoms with Gasteiger partial charge in [-0.05, 0) is 40.2 Å². The normalized spacial score (nSPS) is 10.8. The number of nitrogens with zero attached hydrogens (tertiary/aromatic N) is 3. The zero-order valence-corrected chi connectivity index (χ0v) is 17.1. The Morgan fingerprint density at radius 1 is 1.32 bits per heavy atom. The average Bonchev–Trinajstić information content (AvgIpc) is 3.22. The number of thiophene rings is 1. The lowest BCUT2D eigenvalue weighted by molar-refractivity contribution is -0.127. The van der Waals surface area contributed by atoms with E-state index in [-0.39, 0.29) is 11.7 Å². The zero-order valence-electron chi connectivity index (χ0n) is 13.1. The van der Waals surface area contributed by atoms with Gasteiger partial charge in [0, 0.05) is 16.4 Å². The quantitative estimate of drug-likeness (QED) is 0.488. The molecule has 25 heavy (non-hydrogen) atoms. The molecule has 0 unspecified atom stereocenters. The van der Waals surface area contributed by atoms with Crippen LogP contribution in [-0.2, 0) is 11.3 Å². The maximum Gasteiger partial charge on any atom is 0.277 e. The fraction of sp³-hybridized carbons (Fsp3) is 0.188. The van der Waals surface area contributed by atoms with Crippen LogP contribution in [0.2, 0.25) is 4.34 Å². The second-order valence-electron chi connectivity index (χ2n) is 5.10. The molecule has 1 amide bonds. The van der Waals surface area contributed by atoms with Gasteiger partial charge >= 0.3 is 0 Å². The van der Waals surface area contributed by atoms with Gasteiger partial charge in [0.25, 0.3) is 5.22 Å². The summed E-state index contributed by atoms with van der Waals surface area (Å²) in [5.74, 6) is 0.631. The monoisotopic (exact) mass is 457 g/mol. The molecule has 1 aromatic carbocycles. The second-order valence-corrected chi connectivity index (χ2v) is 8.68. The van der Waals surface area contributed by atoms with Gasteiger partial charge in [0.15, 0.2) is 0 Å². The molecule has 0 bridgehead atoms. The Kier molecular flexibility index (Phi) is 6.16. The third-order valence-electron chi connectivity index (χ3n) is 3.28. The predicted molar refractivity (Wildman–Crippen MR) is 104 cm³/mol. The van der Waals surface area contributed by atoms with Crippen LogP contribution in [0.1, 0.15) is 4.88 Å². The van der Waals surface area contributed by atoms with Crippen LogP contribution in [0, 0.1) is 0 Å². The number of carbonyl (C=O) groups is 1. The molecule has 0 aliphatic heterocycles. The summed E-state index contributed by atoms with van der Waals surface area (Å²) in [6.45, 7) is 0.531. The fourth-order valence-electron chi connectivity index (χ4n) is 2.00. The molecular weight excluding hydrogens is 446 g/mol. The molecule has 3 aromatic rings. The second kappa shape index (κ2) is 8.35. The van der Waals surface area contributed by atoms with E-state index >= 15 is 0 Å². The van der Waals surface area contributed by atoms with Gasteiger partial charge in [-0.1, -0.05) is 35.5 Å². The number of hydrogen-bond donors (Lipinski definition) is 0. The summed E-state index contributed by atoms with van der Waals surface area (Å²) in [4.78, 5) is 14.9. The van der Waals surface area contributed by atoms with Crippen LogP contribution in [0.25, 0.3) is 11.5 Å². The Balaban J connectivity index is 1.56. The molecule has 0 saturated carbocycles. The molecular formula is C16H13BrClN3O2S2. The average molecular weight is 459 g/mol. The summed E-state index contributed by atoms with van der Waals surface area (Å²) in [5, 5.41) is 8.39. The van der Waals surface area contributed by atoms with Crippen LogP contribution in [0.15, 0.2) is 50.5 Å². The first-order valence-corrected chi connectivity index (χ1v) is 10.2. The molecule has 5 nitrogen and oxygen atoms in total. The predicted octanol–water partition coefficient (Wildman–Crippen LogP) is 4.96. The molecule has 0 aliphatic rings. The minimum atomic E-state index is -0.0184. The molecule has 2 heterocycles. The molecule has 130 valence electrons. The third-order valence-corrected chi connectivity index (χ3v) is 5.99. The Morgan fingerprint density at radius 3 is 2.84 bits per heavy atom. The SMILES string of the molecule is CN(Cc1ccc(Cl)s1)C(=O)CSc1nnc(-c2ccccc2Br)o1. The topological polar surface area (TPSA) is 59.2 Å². The summed E-state index contributed by atoms with van der Waals surface area (Å²) in [6.07, 6.45) is 0. The van der Waals surface area contributed by atoms with Gasteiger partial charge in [0.05, 0.1) is 22.2 Å². The Morgan fingerprint density at radius 2 is 2.12 bits per heavy atom. The van der Waals surface area contributed by atoms with Gasteiger partial charge in [-0.2, -0.15) is 0 Å². The molecule has 0 atom stereocenters. The number of thioether (sulfide) groups is 1. The van der Waals surface area contributed by atoms with Gasteiger partial charge < -0.3 is 9.32 Å². The molecule has 0 N–H and O–H groups in total. The molecule has 0 radical (unpaired) electrons. The lowest BCUT2D eigenvalue weighted by Gasteiger charge is -2.15. The van der Waals surface area contributed by atoms with Crippen molar-refractivity contribution in [1.29, 1.82) is 0 Å². The smallest absolute Gasteiger partial charge is 0.277 e. The van der Waals surface area contributed by atoms with E-state index in [0.717, 1.165) is 19.2 Å². The summed E-state index contributed by atoms with van der Waals surface area (Å²) in [7, 11) is 1.76. The van der Waals surface area contributed by atoms with E-state index in [0.29, 0.717) is 17.7 Å². The van der Waals surface area contributed by atoms with Gasteiger partial charge in [0.2, 0.25) is 11.8 Å². The van der Waals surface area contributed by atoms with Crippen molar-refractivity contribution in [3.8, 4) is 11.5 Å². The lowest BCUT2D eigenvalue weighted by Crippen LogP contribution is -2.27. The highest BCUT2D eigenvalue weighted by atomic mass is 79.9. The summed E-state index contributed by atoms with van der Waals surface area (Å²) < 4.78 is 7.22. The summed E-state index contributed by atoms with van der Waals surface area (Å²) >= 11 is 12.1. The maximum absolute atomic E-state index is 12.2. The Hall–Kier alpha value is -1.35. The molecule has 9 heteroatoms. The highest BCUT2D eigenvalue weighted by Crippen LogP contribution is 2.29. The van der Waals surface area contributed by atoms with Crippen LogP contribution < -0.4 is 0 Å². The molecule has 0 spiro atoms. The molecule has 0 saturated heterocycles. The molecule has 2 aromatic heterocycles. The van der Waals surface area contributed by atoms with Crippen LogP contribution in [0.4, 0.5) is 0 Å². The molecule has 0 aliphatic carbocycles. The van der Waals surface area contributed by atoms with E-state index < -0.39 is 0 Å². The minimum Gasteiger partial charge on any atom is -0.411 e. The summed E-state index contributed by atoms with van der Waals surface area (Å²) in [6, 6.07) is 11.3. The van der Waals surface area contributed by atoms with Crippen molar-refractivity contribution in [1.82, 2.24) is 15.1 Å². The molecule has 0 fully saturated rings. The lowest BCUT2D eigenvalue weighted by atomic mass is 10.2. The van der Waals surface area contributed by atoms with E-state index in [1.165, 1.54) is 23.1 Å². The van der Waals surface area contributed by atoms with Crippen molar-refractivity contribution < 1.29 is 9.21 Å². The van der Waals surface area contributed by atoms with Crippen molar-refractivity contribution in [2.24, 2.45) is 0 Å². The van der Waals surface area contributed by atoms with Crippen molar-refractivity contribution in [2.45, 2.75) is 11.8 Å². The van der Waals surface area contributed by atoms with Gasteiger partial charge in [0.1, 0.15) is 0 Å². The number of benzene rings is 1. The first kappa shape index (κ1) is 18.4. The van der Waals surface area contributed by atoms with Crippen LogP contribution in [0.3, 0.4) is 0 Å². The number of carbonyl (C=O) groups excluding carboxylic acids is 1. The van der Waals surface area contributed by atoms with Crippen LogP contribution >= 0.6 is 50.6 Å². The number of aromatic nitrogens is 2. The van der Waals surface area contributed by atoms with E-state index in [1.807, 2.05) is 36.4 Å². The van der Waals surface area contributed by atoms with Crippen molar-refractivity contribution in [3.63, 3.8) is 0 Å². The minimum absolute atomic E-state index is 0.0184. The zero-order chi connectivity index (χ0) is 17.8. The number of hydrogen-bond acceptors (Lipinski definition) is 6. The third kappa shape index (κ3) is 4.84. The Bertz CT molecular complexity index is 884. The number of amides is 1. The van der Waals surface area contributed by atoms with E-state index in [1.54, 1.807) is 11.9 Å². The van der Waals surface area contributed by atoms with E-state index in [2.05, 4.69) is 26.1 Å². The van der Waals surface area contributed by atoms with Crippen molar-refractivity contribution >= 4 is 56.5 Å². The van der Waals surface area contributed by atoms with E-state index in [9.17, 15) is 4.79 Å². The van der Waals surface area contributed by atoms with Crippen LogP contribution in [0.5, 0.6) is 0 Å². The number of halogens is 2. The van der Waals surface area contributed by atoms with Gasteiger partial charge in [-0.15, -0.1) is 21.5 Å². The summed E-state index contributed by atoms with van der Waals surface area (Å²) in [5.41, 5.74) is 0.819. The Labute approximate surface area is 166 Å². The van der Waals surface area contributed by atoms with Crippen LogP contribution in [-0.4, -0.2) is 33.8 Å². The van der Waals surface area contributed by atoms with Crippen molar-refractivity contribution in [3.05, 3.63) is 50.1 Å². The fourth-order valence-corrected chi connectivity index (χ4v) is 4.30. The highest BCUT2D eigenvalue weighted by Gasteiger charge is 2.15. The largest absolute Gasteiger partial charge is 0.411 e. The van der Waals surface area contributed by atoms with Gasteiger partial charge in [-0.3, -0.25) is 4.79 Å². The number of rotatable bonds is 6. The first-order valence-electron chi connectivity index (χ1n) is 7.22. The first-order chi connectivity index (χ1) is 12.0. The maximum atomic E-state index is 12.2. The van der Waals surface area contributed by atoms with Crippen molar-refractivity contribution in [2.75, 3.05) is 12.8 Å². The molecule has 3 rings (SSSR count). The standard InChI is InChI=1S/C16H13BrClN3O2S2/c1-21(8-10-6-7-13(18)25-10)14(22)9-24-16-20-19-15(23-16)11-4-2-3-5-12(11)17/h2-7H,8-9H2,1H3. The van der Waals surface area contributed by atoms with E-state index in [4.69, 9.17) is 16.0 Å². The van der Waals surface area contributed by atoms with Gasteiger partial charge in [-0.25, -0.2) is 0 Å². The highest BCUT2D eigenvalue weighted by molar-refractivity contribution is 9.10.